The highest BCUT2D eigenvalue weighted by Crippen LogP contribution is 2.36. The fourth-order valence-corrected chi connectivity index (χ4v) is 5.01. The number of aryl methyl sites for hydroxylation is 4. The van der Waals surface area contributed by atoms with Crippen molar-refractivity contribution in [2.24, 2.45) is 0 Å². The number of nitrogens with zero attached hydrogens (tertiary/aromatic N) is 4. The summed E-state index contributed by atoms with van der Waals surface area (Å²) in [4.78, 5) is 12.3. The van der Waals surface area contributed by atoms with Gasteiger partial charge in [-0.25, -0.2) is 16.5 Å². The molecule has 3 aromatic rings. The Morgan fingerprint density at radius 1 is 0.868 bits per heavy atom. The Balaban J connectivity index is 0.000000134. The third kappa shape index (κ3) is 7.10. The minimum atomic E-state index is -0.369. The molecule has 3 aromatic heterocycles. The summed E-state index contributed by atoms with van der Waals surface area (Å²) in [5, 5.41) is 3.63. The first-order valence-electron chi connectivity index (χ1n) is 13.4. The SMILES string of the molecule is Brc1ccc2c(n1)CCCC2.CC1(C)OB(c2cnoc2)OC1(C)C.[C-]#[N+]Cc1ccc2c(n1)CCCC2. The normalized spacial score (nSPS) is 18.6. The van der Waals surface area contributed by atoms with Crippen LogP contribution in [0.15, 0.2) is 45.9 Å². The number of hydrogen-bond acceptors (Lipinski definition) is 6. The number of aromatic nitrogens is 3. The van der Waals surface area contributed by atoms with E-state index in [1.807, 2.05) is 39.8 Å². The molecule has 9 heteroatoms. The standard InChI is InChI=1S/C11H12N2.C9H14BNO3.C9H10BrN/c1-12-8-10-7-6-9-4-2-3-5-11(9)13-10;1-8(2)9(3,4)14-10(13-8)7-5-11-12-6-7;10-9-6-5-7-3-1-2-4-8(7)11-9/h6-7H,2-5,8H2;5-6H,1-4H3;5-6H,1-4H2. The Labute approximate surface area is 234 Å². The van der Waals surface area contributed by atoms with Crippen LogP contribution in [0.1, 0.15) is 81.6 Å². The van der Waals surface area contributed by atoms with Gasteiger partial charge in [-0.15, -0.1) is 0 Å². The van der Waals surface area contributed by atoms with Crippen molar-refractivity contribution < 1.29 is 13.8 Å². The van der Waals surface area contributed by atoms with Crippen LogP contribution < -0.4 is 5.46 Å². The second-order valence-electron chi connectivity index (χ2n) is 10.9. The summed E-state index contributed by atoms with van der Waals surface area (Å²) in [6, 6.07) is 8.35. The highest BCUT2D eigenvalue weighted by Gasteiger charge is 2.52. The molecule has 0 aromatic carbocycles. The van der Waals surface area contributed by atoms with E-state index in [4.69, 9.17) is 20.4 Å². The zero-order valence-corrected chi connectivity index (χ0v) is 24.4. The van der Waals surface area contributed by atoms with Crippen LogP contribution in [0.25, 0.3) is 4.85 Å². The van der Waals surface area contributed by atoms with Crippen LogP contribution >= 0.6 is 15.9 Å². The molecule has 1 aliphatic heterocycles. The van der Waals surface area contributed by atoms with Crippen molar-refractivity contribution in [3.05, 3.63) is 81.0 Å². The lowest BCUT2D eigenvalue weighted by molar-refractivity contribution is 0.00578. The summed E-state index contributed by atoms with van der Waals surface area (Å²) in [6.07, 6.45) is 13.0. The molecule has 0 amide bonds. The van der Waals surface area contributed by atoms with Gasteiger partial charge in [0, 0.05) is 16.9 Å². The molecule has 1 saturated heterocycles. The quantitative estimate of drug-likeness (QED) is 0.208. The Morgan fingerprint density at radius 3 is 2.03 bits per heavy atom. The van der Waals surface area contributed by atoms with Crippen molar-refractivity contribution in [2.45, 2.75) is 96.8 Å². The van der Waals surface area contributed by atoms with E-state index < -0.39 is 0 Å². The van der Waals surface area contributed by atoms with Crippen molar-refractivity contribution in [2.75, 3.05) is 0 Å². The average molecular weight is 579 g/mol. The molecule has 1 fully saturated rings. The molecule has 0 radical (unpaired) electrons. The number of fused-ring (bicyclic) bond motifs is 2. The van der Waals surface area contributed by atoms with Crippen LogP contribution in [0.2, 0.25) is 0 Å². The van der Waals surface area contributed by atoms with Crippen molar-refractivity contribution in [1.82, 2.24) is 15.1 Å². The van der Waals surface area contributed by atoms with Crippen LogP contribution in [-0.4, -0.2) is 33.4 Å². The highest BCUT2D eigenvalue weighted by atomic mass is 79.9. The van der Waals surface area contributed by atoms with Gasteiger partial charge < -0.3 is 18.7 Å². The van der Waals surface area contributed by atoms with E-state index in [0.29, 0.717) is 6.54 Å². The molecule has 4 heterocycles. The van der Waals surface area contributed by atoms with Gasteiger partial charge in [0.15, 0.2) is 0 Å². The molecule has 38 heavy (non-hydrogen) atoms. The Bertz CT molecular complexity index is 1240. The Morgan fingerprint density at radius 2 is 1.45 bits per heavy atom. The third-order valence-electron chi connectivity index (χ3n) is 7.60. The molecular weight excluding hydrogens is 543 g/mol. The summed E-state index contributed by atoms with van der Waals surface area (Å²) >= 11 is 3.38. The summed E-state index contributed by atoms with van der Waals surface area (Å²) in [7, 11) is -0.369. The van der Waals surface area contributed by atoms with Gasteiger partial charge in [0.25, 0.3) is 6.54 Å². The Kier molecular flexibility index (Phi) is 9.40. The van der Waals surface area contributed by atoms with E-state index in [0.717, 1.165) is 28.6 Å². The minimum Gasteiger partial charge on any atom is -0.399 e. The Hall–Kier alpha value is -2.54. The molecule has 200 valence electrons. The van der Waals surface area contributed by atoms with Gasteiger partial charge >= 0.3 is 7.12 Å². The van der Waals surface area contributed by atoms with Crippen LogP contribution in [-0.2, 0) is 41.5 Å². The first-order chi connectivity index (χ1) is 18.2. The summed E-state index contributed by atoms with van der Waals surface area (Å²) in [5.41, 5.74) is 6.49. The maximum atomic E-state index is 6.77. The smallest absolute Gasteiger partial charge is 0.399 e. The van der Waals surface area contributed by atoms with Crippen molar-refractivity contribution in [1.29, 1.82) is 0 Å². The van der Waals surface area contributed by atoms with E-state index in [2.05, 4.69) is 48.0 Å². The van der Waals surface area contributed by atoms with Crippen molar-refractivity contribution >= 4 is 28.5 Å². The lowest BCUT2D eigenvalue weighted by Gasteiger charge is -2.32. The van der Waals surface area contributed by atoms with Gasteiger partial charge in [0.05, 0.1) is 17.4 Å². The second-order valence-corrected chi connectivity index (χ2v) is 11.7. The predicted molar refractivity (Wildman–Crippen MR) is 152 cm³/mol. The van der Waals surface area contributed by atoms with Crippen LogP contribution in [0.4, 0.5) is 0 Å². The molecule has 3 aliphatic rings. The number of halogens is 1. The van der Waals surface area contributed by atoms with Crippen molar-refractivity contribution in [3.8, 4) is 0 Å². The maximum Gasteiger partial charge on any atom is 0.499 e. The zero-order chi connectivity index (χ0) is 27.2. The molecule has 6 rings (SSSR count). The predicted octanol–water partition coefficient (Wildman–Crippen LogP) is 6.08. The fraction of sp³-hybridized carbons (Fsp3) is 0.517. The van der Waals surface area contributed by atoms with Gasteiger partial charge in [0.2, 0.25) is 0 Å². The highest BCUT2D eigenvalue weighted by molar-refractivity contribution is 9.10. The first kappa shape index (κ1) is 28.5. The fourth-order valence-electron chi connectivity index (χ4n) is 4.66. The van der Waals surface area contributed by atoms with E-state index in [1.165, 1.54) is 61.0 Å². The topological polar surface area (TPSA) is 74.6 Å². The van der Waals surface area contributed by atoms with Crippen LogP contribution in [0, 0.1) is 6.57 Å². The average Bonchev–Trinajstić information content (AvgIpc) is 3.51. The minimum absolute atomic E-state index is 0.311. The molecule has 0 bridgehead atoms. The van der Waals surface area contributed by atoms with Crippen LogP contribution in [0.3, 0.4) is 0 Å². The van der Waals surface area contributed by atoms with Gasteiger partial charge in [-0.05, 0) is 118 Å². The molecular formula is C29H36BBrN4O3. The molecule has 0 atom stereocenters. The molecule has 0 unspecified atom stereocenters. The summed E-state index contributed by atoms with van der Waals surface area (Å²) < 4.78 is 17.3. The number of hydrogen-bond donors (Lipinski definition) is 0. The molecule has 0 spiro atoms. The van der Waals surface area contributed by atoms with Gasteiger partial charge in [-0.2, -0.15) is 0 Å². The van der Waals surface area contributed by atoms with Crippen LogP contribution in [0.5, 0.6) is 0 Å². The first-order valence-corrected chi connectivity index (χ1v) is 14.2. The van der Waals surface area contributed by atoms with Gasteiger partial charge in [0.1, 0.15) is 16.6 Å². The van der Waals surface area contributed by atoms with E-state index in [1.54, 1.807) is 12.5 Å². The third-order valence-corrected chi connectivity index (χ3v) is 8.04. The maximum absolute atomic E-state index is 6.77. The second kappa shape index (κ2) is 12.5. The molecule has 7 nitrogen and oxygen atoms in total. The van der Waals surface area contributed by atoms with Gasteiger partial charge in [-0.3, -0.25) is 0 Å². The monoisotopic (exact) mass is 578 g/mol. The summed E-state index contributed by atoms with van der Waals surface area (Å²) in [5.74, 6) is 0. The van der Waals surface area contributed by atoms with E-state index in [-0.39, 0.29) is 18.3 Å². The van der Waals surface area contributed by atoms with Crippen molar-refractivity contribution in [3.63, 3.8) is 0 Å². The molecule has 2 aliphatic carbocycles. The van der Waals surface area contributed by atoms with E-state index in [9.17, 15) is 0 Å². The number of rotatable bonds is 2. The van der Waals surface area contributed by atoms with E-state index >= 15 is 0 Å². The number of pyridine rings is 2. The zero-order valence-electron chi connectivity index (χ0n) is 22.8. The lowest BCUT2D eigenvalue weighted by atomic mass is 9.82. The largest absolute Gasteiger partial charge is 0.499 e. The summed E-state index contributed by atoms with van der Waals surface area (Å²) in [6.45, 7) is 15.2. The molecule has 0 saturated carbocycles. The molecule has 0 N–H and O–H groups in total. The van der Waals surface area contributed by atoms with Gasteiger partial charge in [-0.1, -0.05) is 17.3 Å². The lowest BCUT2D eigenvalue weighted by Crippen LogP contribution is -2.41.